The highest BCUT2D eigenvalue weighted by molar-refractivity contribution is 5.84. The highest BCUT2D eigenvalue weighted by atomic mass is 16.4. The Morgan fingerprint density at radius 1 is 1.40 bits per heavy atom. The molecule has 9 heteroatoms. The molecule has 2 aromatic rings. The molecule has 0 atom stereocenters. The van der Waals surface area contributed by atoms with E-state index in [1.54, 1.807) is 6.20 Å². The van der Waals surface area contributed by atoms with E-state index in [2.05, 4.69) is 20.3 Å². The van der Waals surface area contributed by atoms with E-state index in [1.807, 2.05) is 11.0 Å². The van der Waals surface area contributed by atoms with Crippen molar-refractivity contribution in [1.29, 1.82) is 5.26 Å². The summed E-state index contributed by atoms with van der Waals surface area (Å²) >= 11 is 0. The van der Waals surface area contributed by atoms with Crippen molar-refractivity contribution in [3.63, 3.8) is 0 Å². The van der Waals surface area contributed by atoms with Gasteiger partial charge in [-0.2, -0.15) is 5.26 Å². The largest absolute Gasteiger partial charge is 0.476 e. The van der Waals surface area contributed by atoms with E-state index >= 15 is 0 Å². The molecular formula is C11H9N7O2. The van der Waals surface area contributed by atoms with E-state index < -0.39 is 5.97 Å². The maximum Gasteiger partial charge on any atom is 0.358 e. The molecule has 3 rings (SSSR count). The van der Waals surface area contributed by atoms with E-state index in [0.29, 0.717) is 18.9 Å². The average Bonchev–Trinajstić information content (AvgIpc) is 2.87. The summed E-state index contributed by atoms with van der Waals surface area (Å²) in [5.74, 6) is -0.413. The lowest BCUT2D eigenvalue weighted by Crippen LogP contribution is -2.48. The number of carbonyl (C=O) groups is 1. The summed E-state index contributed by atoms with van der Waals surface area (Å²) < 4.78 is 1.54. The Bertz CT molecular complexity index is 682. The van der Waals surface area contributed by atoms with Crippen LogP contribution in [0.3, 0.4) is 0 Å². The number of hydrogen-bond donors (Lipinski definition) is 1. The fourth-order valence-electron chi connectivity index (χ4n) is 1.91. The number of hydrogen-bond acceptors (Lipinski definition) is 7. The maximum absolute atomic E-state index is 10.7. The van der Waals surface area contributed by atoms with Gasteiger partial charge in [-0.1, -0.05) is 5.21 Å². The smallest absolute Gasteiger partial charge is 0.358 e. The second-order valence-corrected chi connectivity index (χ2v) is 4.32. The molecule has 0 amide bonds. The highest BCUT2D eigenvalue weighted by Crippen LogP contribution is 2.25. The summed E-state index contributed by atoms with van der Waals surface area (Å²) in [5, 5.41) is 24.8. The normalized spacial score (nSPS) is 14.7. The average molecular weight is 271 g/mol. The molecule has 1 fully saturated rings. The van der Waals surface area contributed by atoms with Crippen molar-refractivity contribution in [2.75, 3.05) is 18.0 Å². The van der Waals surface area contributed by atoms with Gasteiger partial charge in [0.15, 0.2) is 11.4 Å². The maximum atomic E-state index is 10.7. The number of carboxylic acid groups (broad SMARTS) is 1. The number of nitrogens with zero attached hydrogens (tertiary/aromatic N) is 7. The number of nitriles is 1. The van der Waals surface area contributed by atoms with Crippen molar-refractivity contribution in [2.24, 2.45) is 0 Å². The zero-order valence-electron chi connectivity index (χ0n) is 10.2. The number of aromatic nitrogens is 5. The Hall–Kier alpha value is -3.02. The van der Waals surface area contributed by atoms with Crippen LogP contribution >= 0.6 is 0 Å². The molecule has 0 unspecified atom stereocenters. The molecule has 20 heavy (non-hydrogen) atoms. The summed E-state index contributed by atoms with van der Waals surface area (Å²) in [6.45, 7) is 1.28. The molecule has 0 aromatic carbocycles. The molecule has 2 aromatic heterocycles. The number of rotatable bonds is 3. The SMILES string of the molecule is N#Cc1cnc(N2CC(n3cc(C(=O)O)nn3)C2)cn1. The van der Waals surface area contributed by atoms with E-state index in [1.165, 1.54) is 17.1 Å². The van der Waals surface area contributed by atoms with Gasteiger partial charge in [0, 0.05) is 13.1 Å². The molecule has 0 spiro atoms. The highest BCUT2D eigenvalue weighted by Gasteiger charge is 2.30. The van der Waals surface area contributed by atoms with Crippen molar-refractivity contribution in [2.45, 2.75) is 6.04 Å². The van der Waals surface area contributed by atoms with Gasteiger partial charge in [0.1, 0.15) is 11.9 Å². The lowest BCUT2D eigenvalue weighted by molar-refractivity contribution is 0.0690. The van der Waals surface area contributed by atoms with Crippen molar-refractivity contribution < 1.29 is 9.90 Å². The molecule has 1 aliphatic heterocycles. The number of anilines is 1. The molecule has 0 saturated carbocycles. The topological polar surface area (TPSA) is 121 Å². The Morgan fingerprint density at radius 2 is 2.20 bits per heavy atom. The molecule has 1 N–H and O–H groups in total. The fourth-order valence-corrected chi connectivity index (χ4v) is 1.91. The summed E-state index contributed by atoms with van der Waals surface area (Å²) in [7, 11) is 0. The minimum atomic E-state index is -1.09. The second kappa shape index (κ2) is 4.58. The molecule has 0 radical (unpaired) electrons. The Kier molecular flexibility index (Phi) is 2.76. The first kappa shape index (κ1) is 12.0. The van der Waals surface area contributed by atoms with E-state index in [4.69, 9.17) is 10.4 Å². The third kappa shape index (κ3) is 2.03. The Balaban J connectivity index is 1.65. The minimum Gasteiger partial charge on any atom is -0.476 e. The van der Waals surface area contributed by atoms with Gasteiger partial charge in [0.2, 0.25) is 0 Å². The zero-order valence-corrected chi connectivity index (χ0v) is 10.2. The lowest BCUT2D eigenvalue weighted by Gasteiger charge is -2.39. The lowest BCUT2D eigenvalue weighted by atomic mass is 10.1. The molecule has 0 aliphatic carbocycles. The summed E-state index contributed by atoms with van der Waals surface area (Å²) in [6.07, 6.45) is 4.37. The number of aromatic carboxylic acids is 1. The van der Waals surface area contributed by atoms with E-state index in [0.717, 1.165) is 0 Å². The first-order valence-corrected chi connectivity index (χ1v) is 5.79. The summed E-state index contributed by atoms with van der Waals surface area (Å²) in [6, 6.07) is 1.97. The monoisotopic (exact) mass is 271 g/mol. The predicted octanol–water partition coefficient (Wildman–Crippen LogP) is -0.301. The summed E-state index contributed by atoms with van der Waals surface area (Å²) in [4.78, 5) is 20.8. The molecule has 1 aliphatic rings. The van der Waals surface area contributed by atoms with Crippen molar-refractivity contribution in [3.8, 4) is 6.07 Å². The molecule has 9 nitrogen and oxygen atoms in total. The van der Waals surface area contributed by atoms with Crippen LogP contribution in [0.15, 0.2) is 18.6 Å². The van der Waals surface area contributed by atoms with Crippen molar-refractivity contribution >= 4 is 11.8 Å². The first-order chi connectivity index (χ1) is 9.67. The van der Waals surface area contributed by atoms with Crippen LogP contribution in [-0.2, 0) is 0 Å². The molecule has 3 heterocycles. The van der Waals surface area contributed by atoms with Crippen LogP contribution in [0.1, 0.15) is 22.2 Å². The van der Waals surface area contributed by atoms with Crippen molar-refractivity contribution in [3.05, 3.63) is 30.0 Å². The van der Waals surface area contributed by atoms with Crippen LogP contribution in [0, 0.1) is 11.3 Å². The van der Waals surface area contributed by atoms with Crippen LogP contribution < -0.4 is 4.90 Å². The van der Waals surface area contributed by atoms with Crippen LogP contribution in [0.2, 0.25) is 0 Å². The van der Waals surface area contributed by atoms with Gasteiger partial charge in [-0.25, -0.2) is 19.4 Å². The van der Waals surface area contributed by atoms with Gasteiger partial charge in [0.25, 0.3) is 0 Å². The minimum absolute atomic E-state index is 0.0630. The quantitative estimate of drug-likeness (QED) is 0.807. The number of carboxylic acids is 1. The van der Waals surface area contributed by atoms with Gasteiger partial charge >= 0.3 is 5.97 Å². The van der Waals surface area contributed by atoms with Crippen molar-refractivity contribution in [1.82, 2.24) is 25.0 Å². The third-order valence-electron chi connectivity index (χ3n) is 3.04. The summed E-state index contributed by atoms with van der Waals surface area (Å²) in [5.41, 5.74) is 0.204. The van der Waals surface area contributed by atoms with Crippen LogP contribution in [-0.4, -0.2) is 49.1 Å². The van der Waals surface area contributed by atoms with Gasteiger partial charge in [-0.15, -0.1) is 5.10 Å². The third-order valence-corrected chi connectivity index (χ3v) is 3.04. The van der Waals surface area contributed by atoms with Gasteiger partial charge in [-0.05, 0) is 0 Å². The van der Waals surface area contributed by atoms with Crippen LogP contribution in [0.4, 0.5) is 5.82 Å². The zero-order chi connectivity index (χ0) is 14.1. The Labute approximate surface area is 113 Å². The van der Waals surface area contributed by atoms with Gasteiger partial charge in [-0.3, -0.25) is 0 Å². The van der Waals surface area contributed by atoms with E-state index in [9.17, 15) is 4.79 Å². The molecule has 1 saturated heterocycles. The predicted molar refractivity (Wildman–Crippen MR) is 65.0 cm³/mol. The second-order valence-electron chi connectivity index (χ2n) is 4.32. The van der Waals surface area contributed by atoms with Gasteiger partial charge < -0.3 is 10.0 Å². The standard InChI is InChI=1S/C11H9N7O2/c12-1-7-2-14-10(3-13-7)17-4-8(5-17)18-6-9(11(19)20)15-16-18/h2-3,6,8H,4-5H2,(H,19,20). The van der Waals surface area contributed by atoms with Gasteiger partial charge in [0.05, 0.1) is 24.6 Å². The van der Waals surface area contributed by atoms with Crippen LogP contribution in [0.25, 0.3) is 0 Å². The van der Waals surface area contributed by atoms with Crippen LogP contribution in [0.5, 0.6) is 0 Å². The first-order valence-electron chi connectivity index (χ1n) is 5.79. The van der Waals surface area contributed by atoms with E-state index in [-0.39, 0.29) is 17.4 Å². The molecular weight excluding hydrogens is 262 g/mol. The fraction of sp³-hybridized carbons (Fsp3) is 0.273. The Morgan fingerprint density at radius 3 is 2.75 bits per heavy atom. The molecule has 100 valence electrons. The molecule has 0 bridgehead atoms.